The van der Waals surface area contributed by atoms with Gasteiger partial charge in [0.05, 0.1) is 0 Å². The van der Waals surface area contributed by atoms with E-state index in [4.69, 9.17) is 14.2 Å². The molecule has 0 saturated heterocycles. The summed E-state index contributed by atoms with van der Waals surface area (Å²) in [6.07, 6.45) is 96.8. The molecule has 0 spiro atoms. The minimum atomic E-state index is -0.788. The van der Waals surface area contributed by atoms with Gasteiger partial charge in [-0.15, -0.1) is 0 Å². The number of carbonyl (C=O) groups is 3. The fourth-order valence-electron chi connectivity index (χ4n) is 9.99. The van der Waals surface area contributed by atoms with E-state index in [9.17, 15) is 14.4 Å². The van der Waals surface area contributed by atoms with Gasteiger partial charge in [0, 0.05) is 19.3 Å². The van der Waals surface area contributed by atoms with Crippen LogP contribution in [0.4, 0.5) is 0 Å². The van der Waals surface area contributed by atoms with Crippen molar-refractivity contribution in [2.24, 2.45) is 0 Å². The van der Waals surface area contributed by atoms with Crippen molar-refractivity contribution in [2.45, 2.75) is 348 Å². The van der Waals surface area contributed by atoms with Crippen molar-refractivity contribution >= 4 is 17.9 Å². The molecule has 1 unspecified atom stereocenters. The van der Waals surface area contributed by atoms with Gasteiger partial charge >= 0.3 is 17.9 Å². The molecule has 0 radical (unpaired) electrons. The van der Waals surface area contributed by atoms with E-state index in [1.165, 1.54) is 173 Å². The van der Waals surface area contributed by atoms with Crippen LogP contribution in [0.3, 0.4) is 0 Å². The Labute approximate surface area is 514 Å². The van der Waals surface area contributed by atoms with Gasteiger partial charge < -0.3 is 14.2 Å². The number of esters is 3. The summed E-state index contributed by atoms with van der Waals surface area (Å²) in [7, 11) is 0. The largest absolute Gasteiger partial charge is 0.462 e. The second-order valence-electron chi connectivity index (χ2n) is 23.4. The number of rotatable bonds is 64. The van der Waals surface area contributed by atoms with E-state index in [0.717, 1.165) is 128 Å². The van der Waals surface area contributed by atoms with Gasteiger partial charge in [-0.1, -0.05) is 323 Å². The molecule has 476 valence electrons. The summed E-state index contributed by atoms with van der Waals surface area (Å²) < 4.78 is 17.0. The molecule has 0 aromatic rings. The van der Waals surface area contributed by atoms with Gasteiger partial charge in [0.25, 0.3) is 0 Å². The lowest BCUT2D eigenvalue weighted by Gasteiger charge is -2.18. The molecule has 0 fully saturated rings. The maximum atomic E-state index is 13.0. The lowest BCUT2D eigenvalue weighted by molar-refractivity contribution is -0.167. The molecular weight excluding hydrogens is 1020 g/mol. The van der Waals surface area contributed by atoms with Crippen molar-refractivity contribution in [1.29, 1.82) is 0 Å². The molecule has 0 aliphatic rings. The molecule has 0 heterocycles. The van der Waals surface area contributed by atoms with Crippen LogP contribution < -0.4 is 0 Å². The van der Waals surface area contributed by atoms with E-state index < -0.39 is 6.10 Å². The average Bonchev–Trinajstić information content (AvgIpc) is 3.49. The molecule has 0 bridgehead atoms. The Morgan fingerprint density at radius 2 is 0.470 bits per heavy atom. The van der Waals surface area contributed by atoms with E-state index >= 15 is 0 Å². The Morgan fingerprint density at radius 3 is 0.735 bits per heavy atom. The van der Waals surface area contributed by atoms with Crippen LogP contribution in [-0.2, 0) is 28.6 Å². The Hall–Kier alpha value is -3.93. The van der Waals surface area contributed by atoms with E-state index in [1.54, 1.807) is 0 Å². The van der Waals surface area contributed by atoms with Crippen molar-refractivity contribution in [3.05, 3.63) is 109 Å². The summed E-state index contributed by atoms with van der Waals surface area (Å²) in [5.41, 5.74) is 0. The quantitative estimate of drug-likeness (QED) is 0.0261. The summed E-state index contributed by atoms with van der Waals surface area (Å²) in [4.78, 5) is 38.4. The summed E-state index contributed by atoms with van der Waals surface area (Å²) in [5.74, 6) is -0.888. The number of unbranched alkanes of at least 4 members (excludes halogenated alkanes) is 35. The summed E-state index contributed by atoms with van der Waals surface area (Å²) in [6, 6.07) is 0. The predicted octanol–water partition coefficient (Wildman–Crippen LogP) is 24.6. The Balaban J connectivity index is 4.34. The Bertz CT molecular complexity index is 1660. The second-order valence-corrected chi connectivity index (χ2v) is 23.4. The number of allylic oxidation sites excluding steroid dienone is 18. The molecule has 6 heteroatoms. The van der Waals surface area contributed by atoms with E-state index in [2.05, 4.69) is 130 Å². The first kappa shape index (κ1) is 79.1. The molecule has 0 N–H and O–H groups in total. The monoisotopic (exact) mass is 1150 g/mol. The fraction of sp³-hybridized carbons (Fsp3) is 0.727. The molecule has 0 amide bonds. The SMILES string of the molecule is CC/C=C\C/C=C\C/C=C\C/C=C\C/C=C\C/C=C\C/C=C\CCCCCCCC(=O)OCC(COC(=O)CCCCCCCCCCCCCCC)OC(=O)CCCCCCCCCCCCCCC/C=C\C/C=C\CCCCCCC. The van der Waals surface area contributed by atoms with Crippen LogP contribution in [0, 0.1) is 0 Å². The third-order valence-electron chi connectivity index (χ3n) is 15.3. The highest BCUT2D eigenvalue weighted by molar-refractivity contribution is 5.71. The standard InChI is InChI=1S/C77H132O6/c1-4-7-10-13-16-19-22-25-27-29-31-33-35-37-38-40-41-43-45-47-49-52-55-58-61-64-67-70-76(79)82-73-74(72-81-75(78)69-66-63-60-57-54-51-24-21-18-15-12-9-6-3)83-77(80)71-68-65-62-59-56-53-50-48-46-44-42-39-36-34-32-30-28-26-23-20-17-14-11-8-5-2/h7,10,16,19,23,25-27,30-33,37-38,41,43,47,49,74H,4-6,8-9,11-15,17-18,20-22,24,28-29,34-36,39-40,42,44-46,48,50-73H2,1-3H3/b10-7-,19-16-,26-23-,27-25-,32-30-,33-31-,38-37-,43-41-,49-47-. The maximum Gasteiger partial charge on any atom is 0.306 e. The number of ether oxygens (including phenoxy) is 3. The van der Waals surface area contributed by atoms with Crippen LogP contribution in [0.2, 0.25) is 0 Å². The van der Waals surface area contributed by atoms with Crippen molar-refractivity contribution in [3.8, 4) is 0 Å². The Kier molecular flexibility index (Phi) is 67.2. The van der Waals surface area contributed by atoms with Crippen LogP contribution in [0.15, 0.2) is 109 Å². The van der Waals surface area contributed by atoms with Gasteiger partial charge in [-0.2, -0.15) is 0 Å². The topological polar surface area (TPSA) is 78.9 Å². The summed E-state index contributed by atoms with van der Waals surface area (Å²) in [5, 5.41) is 0. The van der Waals surface area contributed by atoms with Crippen molar-refractivity contribution in [3.63, 3.8) is 0 Å². The van der Waals surface area contributed by atoms with Crippen molar-refractivity contribution in [2.75, 3.05) is 13.2 Å². The van der Waals surface area contributed by atoms with Gasteiger partial charge in [-0.3, -0.25) is 14.4 Å². The minimum absolute atomic E-state index is 0.0820. The first-order chi connectivity index (χ1) is 41.0. The number of carbonyl (C=O) groups excluding carboxylic acids is 3. The third-order valence-corrected chi connectivity index (χ3v) is 15.3. The van der Waals surface area contributed by atoms with Gasteiger partial charge in [-0.05, 0) is 109 Å². The summed E-state index contributed by atoms with van der Waals surface area (Å²) in [6.45, 7) is 6.54. The third kappa shape index (κ3) is 68.7. The molecular formula is C77H132O6. The van der Waals surface area contributed by atoms with E-state index in [-0.39, 0.29) is 31.1 Å². The van der Waals surface area contributed by atoms with Crippen molar-refractivity contribution < 1.29 is 28.6 Å². The maximum absolute atomic E-state index is 13.0. The first-order valence-corrected chi connectivity index (χ1v) is 35.4. The highest BCUT2D eigenvalue weighted by Gasteiger charge is 2.19. The molecule has 0 aliphatic carbocycles. The average molecular weight is 1150 g/mol. The predicted molar refractivity (Wildman–Crippen MR) is 362 cm³/mol. The normalized spacial score (nSPS) is 12.8. The van der Waals surface area contributed by atoms with Gasteiger partial charge in [-0.25, -0.2) is 0 Å². The van der Waals surface area contributed by atoms with Gasteiger partial charge in [0.1, 0.15) is 13.2 Å². The van der Waals surface area contributed by atoms with Crippen LogP contribution in [0.5, 0.6) is 0 Å². The molecule has 6 nitrogen and oxygen atoms in total. The highest BCUT2D eigenvalue weighted by atomic mass is 16.6. The zero-order valence-corrected chi connectivity index (χ0v) is 54.7. The molecule has 0 aromatic heterocycles. The summed E-state index contributed by atoms with van der Waals surface area (Å²) >= 11 is 0. The lowest BCUT2D eigenvalue weighted by atomic mass is 10.0. The number of hydrogen-bond donors (Lipinski definition) is 0. The van der Waals surface area contributed by atoms with Crippen molar-refractivity contribution in [1.82, 2.24) is 0 Å². The lowest BCUT2D eigenvalue weighted by Crippen LogP contribution is -2.30. The molecule has 1 atom stereocenters. The molecule has 0 aromatic carbocycles. The minimum Gasteiger partial charge on any atom is -0.462 e. The molecule has 83 heavy (non-hydrogen) atoms. The zero-order valence-electron chi connectivity index (χ0n) is 54.7. The Morgan fingerprint density at radius 1 is 0.253 bits per heavy atom. The van der Waals surface area contributed by atoms with Gasteiger partial charge in [0.2, 0.25) is 0 Å². The fourth-order valence-corrected chi connectivity index (χ4v) is 9.99. The number of hydrogen-bond acceptors (Lipinski definition) is 6. The van der Waals surface area contributed by atoms with Crippen LogP contribution >= 0.6 is 0 Å². The van der Waals surface area contributed by atoms with E-state index in [1.807, 2.05) is 0 Å². The van der Waals surface area contributed by atoms with Gasteiger partial charge in [0.15, 0.2) is 6.10 Å². The van der Waals surface area contributed by atoms with Crippen LogP contribution in [0.1, 0.15) is 342 Å². The van der Waals surface area contributed by atoms with E-state index in [0.29, 0.717) is 19.3 Å². The first-order valence-electron chi connectivity index (χ1n) is 35.4. The van der Waals surface area contributed by atoms with Crippen LogP contribution in [0.25, 0.3) is 0 Å². The highest BCUT2D eigenvalue weighted by Crippen LogP contribution is 2.17. The van der Waals surface area contributed by atoms with Crippen LogP contribution in [-0.4, -0.2) is 37.2 Å². The second kappa shape index (κ2) is 70.6. The molecule has 0 saturated carbocycles. The molecule has 0 rings (SSSR count). The zero-order chi connectivity index (χ0) is 59.9. The molecule has 0 aliphatic heterocycles. The smallest absolute Gasteiger partial charge is 0.306 e.